The van der Waals surface area contributed by atoms with Crippen molar-refractivity contribution in [1.29, 1.82) is 0 Å². The highest BCUT2D eigenvalue weighted by Gasteiger charge is 2.00. The minimum Gasteiger partial charge on any atom is -0.497 e. The van der Waals surface area contributed by atoms with E-state index in [9.17, 15) is 0 Å². The van der Waals surface area contributed by atoms with Gasteiger partial charge in [0.05, 0.1) is 13.7 Å². The normalized spacial score (nSPS) is 10.7. The third-order valence-corrected chi connectivity index (χ3v) is 3.95. The summed E-state index contributed by atoms with van der Waals surface area (Å²) >= 11 is 1.74. The molecule has 0 saturated heterocycles. The van der Waals surface area contributed by atoms with Gasteiger partial charge in [-0.05, 0) is 35.6 Å². The number of aliphatic imine (C=N–C) groups is 1. The Morgan fingerprint density at radius 1 is 1.23 bits per heavy atom. The zero-order valence-corrected chi connectivity index (χ0v) is 16.0. The first kappa shape index (κ1) is 18.8. The maximum Gasteiger partial charge on any atom is 0.191 e. The number of nitrogens with one attached hydrogen (secondary N) is 2. The van der Waals surface area contributed by atoms with Crippen LogP contribution in [-0.2, 0) is 13.0 Å². The molecule has 6 heteroatoms. The fourth-order valence-electron chi connectivity index (χ4n) is 1.96. The molecule has 120 valence electrons. The predicted molar refractivity (Wildman–Crippen MR) is 105 cm³/mol. The molecule has 0 radical (unpaired) electrons. The van der Waals surface area contributed by atoms with Gasteiger partial charge in [0.15, 0.2) is 5.96 Å². The molecule has 2 aromatic rings. The van der Waals surface area contributed by atoms with E-state index in [4.69, 9.17) is 4.74 Å². The van der Waals surface area contributed by atoms with E-state index in [0.29, 0.717) is 0 Å². The van der Waals surface area contributed by atoms with Crippen LogP contribution in [0, 0.1) is 0 Å². The summed E-state index contributed by atoms with van der Waals surface area (Å²) in [7, 11) is 3.48. The van der Waals surface area contributed by atoms with Crippen LogP contribution >= 0.6 is 35.3 Å². The topological polar surface area (TPSA) is 45.7 Å². The van der Waals surface area contributed by atoms with Crippen LogP contribution in [0.5, 0.6) is 5.75 Å². The summed E-state index contributed by atoms with van der Waals surface area (Å²) in [6.07, 6.45) is 0.927. The molecule has 0 unspecified atom stereocenters. The Labute approximate surface area is 153 Å². The van der Waals surface area contributed by atoms with E-state index >= 15 is 0 Å². The monoisotopic (exact) mass is 431 g/mol. The zero-order chi connectivity index (χ0) is 14.9. The van der Waals surface area contributed by atoms with Crippen LogP contribution in [0.2, 0.25) is 0 Å². The number of benzene rings is 1. The highest BCUT2D eigenvalue weighted by molar-refractivity contribution is 14.0. The number of hydrogen-bond donors (Lipinski definition) is 2. The van der Waals surface area contributed by atoms with E-state index < -0.39 is 0 Å². The molecule has 1 aromatic carbocycles. The minimum atomic E-state index is 0. The van der Waals surface area contributed by atoms with Gasteiger partial charge in [-0.3, -0.25) is 4.99 Å². The molecule has 2 N–H and O–H groups in total. The van der Waals surface area contributed by atoms with E-state index in [-0.39, 0.29) is 24.0 Å². The number of methoxy groups -OCH3 is 1. The summed E-state index contributed by atoms with van der Waals surface area (Å²) in [5.74, 6) is 1.72. The molecular formula is C16H22IN3OS. The van der Waals surface area contributed by atoms with Gasteiger partial charge in [0, 0.05) is 18.5 Å². The van der Waals surface area contributed by atoms with Crippen molar-refractivity contribution in [3.8, 4) is 5.75 Å². The molecule has 4 nitrogen and oxygen atoms in total. The zero-order valence-electron chi connectivity index (χ0n) is 12.8. The minimum absolute atomic E-state index is 0. The van der Waals surface area contributed by atoms with Crippen LogP contribution in [0.4, 0.5) is 0 Å². The first-order chi connectivity index (χ1) is 10.3. The molecule has 0 aliphatic heterocycles. The van der Waals surface area contributed by atoms with Gasteiger partial charge in [-0.15, -0.1) is 35.3 Å². The average molecular weight is 431 g/mol. The van der Waals surface area contributed by atoms with Crippen LogP contribution in [0.25, 0.3) is 0 Å². The number of ether oxygens (including phenoxy) is 1. The Kier molecular flexibility index (Phi) is 8.91. The second-order valence-corrected chi connectivity index (χ2v) is 5.57. The molecule has 0 aliphatic rings. The molecule has 0 fully saturated rings. The van der Waals surface area contributed by atoms with Gasteiger partial charge < -0.3 is 15.4 Å². The lowest BCUT2D eigenvalue weighted by Gasteiger charge is -2.11. The molecule has 1 aromatic heterocycles. The Morgan fingerprint density at radius 3 is 2.77 bits per heavy atom. The number of rotatable bonds is 6. The van der Waals surface area contributed by atoms with Crippen LogP contribution < -0.4 is 15.4 Å². The third kappa shape index (κ3) is 6.23. The fourth-order valence-corrected chi connectivity index (χ4v) is 2.60. The Hall–Kier alpha value is -1.28. The first-order valence-electron chi connectivity index (χ1n) is 6.91. The molecular weight excluding hydrogens is 409 g/mol. The first-order valence-corrected chi connectivity index (χ1v) is 7.79. The summed E-state index contributed by atoms with van der Waals surface area (Å²) in [6, 6.07) is 12.3. The number of hydrogen-bond acceptors (Lipinski definition) is 3. The van der Waals surface area contributed by atoms with Gasteiger partial charge in [0.2, 0.25) is 0 Å². The van der Waals surface area contributed by atoms with Crippen molar-refractivity contribution in [2.45, 2.75) is 13.0 Å². The molecule has 22 heavy (non-hydrogen) atoms. The van der Waals surface area contributed by atoms with Crippen molar-refractivity contribution in [2.24, 2.45) is 4.99 Å². The standard InChI is InChI=1S/C16H21N3OS.HI/c1-17-16(19-12-15-7-4-10-21-15)18-9-8-13-5-3-6-14(11-13)20-2;/h3-7,10-11H,8-9,12H2,1-2H3,(H2,17,18,19);1H. The van der Waals surface area contributed by atoms with Crippen molar-refractivity contribution >= 4 is 41.3 Å². The van der Waals surface area contributed by atoms with Gasteiger partial charge in [-0.2, -0.15) is 0 Å². The number of thiophene rings is 1. The van der Waals surface area contributed by atoms with E-state index in [1.807, 2.05) is 12.1 Å². The van der Waals surface area contributed by atoms with Gasteiger partial charge in [0.25, 0.3) is 0 Å². The van der Waals surface area contributed by atoms with E-state index in [2.05, 4.69) is 45.3 Å². The van der Waals surface area contributed by atoms with E-state index in [1.165, 1.54) is 10.4 Å². The maximum absolute atomic E-state index is 5.23. The van der Waals surface area contributed by atoms with E-state index in [1.54, 1.807) is 25.5 Å². The average Bonchev–Trinajstić information content (AvgIpc) is 3.04. The van der Waals surface area contributed by atoms with Crippen molar-refractivity contribution in [1.82, 2.24) is 10.6 Å². The lowest BCUT2D eigenvalue weighted by molar-refractivity contribution is 0.414. The second-order valence-electron chi connectivity index (χ2n) is 4.53. The van der Waals surface area contributed by atoms with Gasteiger partial charge >= 0.3 is 0 Å². The SMILES string of the molecule is CN=C(NCCc1cccc(OC)c1)NCc1cccs1.I. The lowest BCUT2D eigenvalue weighted by atomic mass is 10.1. The van der Waals surface area contributed by atoms with Gasteiger partial charge in [-0.1, -0.05) is 18.2 Å². The molecule has 0 spiro atoms. The lowest BCUT2D eigenvalue weighted by Crippen LogP contribution is -2.37. The number of halogens is 1. The molecule has 0 atom stereocenters. The molecule has 0 saturated carbocycles. The van der Waals surface area contributed by atoms with Crippen molar-refractivity contribution in [3.05, 3.63) is 52.2 Å². The summed E-state index contributed by atoms with van der Waals surface area (Å²) < 4.78 is 5.23. The maximum atomic E-state index is 5.23. The van der Waals surface area contributed by atoms with Crippen LogP contribution in [0.3, 0.4) is 0 Å². The Balaban J connectivity index is 0.00000242. The largest absolute Gasteiger partial charge is 0.497 e. The molecule has 0 amide bonds. The predicted octanol–water partition coefficient (Wildman–Crippen LogP) is 3.28. The summed E-state index contributed by atoms with van der Waals surface area (Å²) in [5.41, 5.74) is 1.25. The molecule has 0 bridgehead atoms. The quantitative estimate of drug-likeness (QED) is 0.419. The number of nitrogens with zero attached hydrogens (tertiary/aromatic N) is 1. The highest BCUT2D eigenvalue weighted by atomic mass is 127. The Bertz CT molecular complexity index is 573. The Morgan fingerprint density at radius 2 is 2.09 bits per heavy atom. The van der Waals surface area contributed by atoms with Crippen LogP contribution in [0.1, 0.15) is 10.4 Å². The van der Waals surface area contributed by atoms with Crippen molar-refractivity contribution < 1.29 is 4.74 Å². The highest BCUT2D eigenvalue weighted by Crippen LogP contribution is 2.12. The van der Waals surface area contributed by atoms with Crippen LogP contribution in [-0.4, -0.2) is 26.7 Å². The molecule has 2 rings (SSSR count). The summed E-state index contributed by atoms with van der Waals surface area (Å²) in [6.45, 7) is 1.63. The number of guanidine groups is 1. The third-order valence-electron chi connectivity index (χ3n) is 3.07. The molecule has 1 heterocycles. The van der Waals surface area contributed by atoms with E-state index in [0.717, 1.165) is 31.2 Å². The summed E-state index contributed by atoms with van der Waals surface area (Å²) in [5, 5.41) is 8.71. The second kappa shape index (κ2) is 10.4. The van der Waals surface area contributed by atoms with Gasteiger partial charge in [-0.25, -0.2) is 0 Å². The summed E-state index contributed by atoms with van der Waals surface area (Å²) in [4.78, 5) is 5.52. The van der Waals surface area contributed by atoms with Crippen molar-refractivity contribution in [3.63, 3.8) is 0 Å². The smallest absolute Gasteiger partial charge is 0.191 e. The van der Waals surface area contributed by atoms with Crippen molar-refractivity contribution in [2.75, 3.05) is 20.7 Å². The van der Waals surface area contributed by atoms with Gasteiger partial charge in [0.1, 0.15) is 5.75 Å². The fraction of sp³-hybridized carbons (Fsp3) is 0.312. The van der Waals surface area contributed by atoms with Crippen LogP contribution in [0.15, 0.2) is 46.8 Å². The molecule has 0 aliphatic carbocycles.